The minimum atomic E-state index is -3.60. The summed E-state index contributed by atoms with van der Waals surface area (Å²) in [7, 11) is -3.60. The summed E-state index contributed by atoms with van der Waals surface area (Å²) >= 11 is 0. The van der Waals surface area contributed by atoms with Crippen molar-refractivity contribution in [2.75, 3.05) is 18.4 Å². The van der Waals surface area contributed by atoms with Gasteiger partial charge in [-0.1, -0.05) is 50.2 Å². The van der Waals surface area contributed by atoms with Gasteiger partial charge in [0.2, 0.25) is 15.9 Å². The average molecular weight is 417 g/mol. The third kappa shape index (κ3) is 4.67. The SMILES string of the molecule is CCN(CC)S(=O)(=O)c1cc(NC(=O)C2CC(c3ccccc3)NN2)ccc1C. The molecule has 1 aliphatic rings. The standard InChI is InChI=1S/C21H28N4O3S/c1-4-25(5-2)29(27,28)20-13-17(12-11-15(20)3)22-21(26)19-14-18(23-24-19)16-9-7-6-8-10-16/h6-13,18-19,23-24H,4-5,14H2,1-3H3,(H,22,26). The zero-order valence-corrected chi connectivity index (χ0v) is 17.8. The van der Waals surface area contributed by atoms with E-state index in [0.717, 1.165) is 5.56 Å². The van der Waals surface area contributed by atoms with Crippen molar-refractivity contribution in [3.05, 3.63) is 59.7 Å². The molecule has 0 spiro atoms. The lowest BCUT2D eigenvalue weighted by Crippen LogP contribution is -2.39. The van der Waals surface area contributed by atoms with Crippen molar-refractivity contribution in [1.29, 1.82) is 0 Å². The molecule has 2 aromatic rings. The fourth-order valence-electron chi connectivity index (χ4n) is 3.52. The fourth-order valence-corrected chi connectivity index (χ4v) is 5.23. The van der Waals surface area contributed by atoms with Gasteiger partial charge in [0, 0.05) is 24.8 Å². The molecule has 1 saturated heterocycles. The van der Waals surface area contributed by atoms with Gasteiger partial charge >= 0.3 is 0 Å². The quantitative estimate of drug-likeness (QED) is 0.645. The van der Waals surface area contributed by atoms with Gasteiger partial charge in [-0.05, 0) is 36.6 Å². The number of sulfonamides is 1. The van der Waals surface area contributed by atoms with Crippen LogP contribution in [0.3, 0.4) is 0 Å². The van der Waals surface area contributed by atoms with Crippen LogP contribution in [0, 0.1) is 6.92 Å². The lowest BCUT2D eigenvalue weighted by atomic mass is 10.0. The highest BCUT2D eigenvalue weighted by Crippen LogP contribution is 2.25. The summed E-state index contributed by atoms with van der Waals surface area (Å²) in [5.41, 5.74) is 8.41. The van der Waals surface area contributed by atoms with E-state index in [1.807, 2.05) is 44.2 Å². The fraction of sp³-hybridized carbons (Fsp3) is 0.381. The molecule has 1 amide bonds. The summed E-state index contributed by atoms with van der Waals surface area (Å²) < 4.78 is 27.2. The summed E-state index contributed by atoms with van der Waals surface area (Å²) in [6, 6.07) is 14.5. The van der Waals surface area contributed by atoms with Crippen molar-refractivity contribution in [1.82, 2.24) is 15.2 Å². The van der Waals surface area contributed by atoms with Crippen LogP contribution in [-0.2, 0) is 14.8 Å². The average Bonchev–Trinajstić information content (AvgIpc) is 3.21. The molecule has 2 unspecified atom stereocenters. The van der Waals surface area contributed by atoms with Gasteiger partial charge in [0.15, 0.2) is 0 Å². The van der Waals surface area contributed by atoms with Gasteiger partial charge < -0.3 is 5.32 Å². The van der Waals surface area contributed by atoms with Crippen LogP contribution in [0.15, 0.2) is 53.4 Å². The summed E-state index contributed by atoms with van der Waals surface area (Å²) in [6.45, 7) is 6.17. The van der Waals surface area contributed by atoms with E-state index in [1.165, 1.54) is 10.4 Å². The highest BCUT2D eigenvalue weighted by molar-refractivity contribution is 7.89. The maximum absolute atomic E-state index is 12.9. The summed E-state index contributed by atoms with van der Waals surface area (Å²) in [5.74, 6) is -0.203. The van der Waals surface area contributed by atoms with E-state index in [2.05, 4.69) is 16.2 Å². The second-order valence-electron chi connectivity index (χ2n) is 7.10. The Bertz CT molecular complexity index is 959. The molecule has 1 aliphatic heterocycles. The molecule has 0 saturated carbocycles. The number of carbonyl (C=O) groups is 1. The maximum Gasteiger partial charge on any atom is 0.243 e. The van der Waals surface area contributed by atoms with Crippen LogP contribution >= 0.6 is 0 Å². The Balaban J connectivity index is 1.73. The highest BCUT2D eigenvalue weighted by atomic mass is 32.2. The van der Waals surface area contributed by atoms with Crippen molar-refractivity contribution >= 4 is 21.6 Å². The number of rotatable bonds is 7. The predicted octanol–water partition coefficient (Wildman–Crippen LogP) is 2.57. The number of amides is 1. The van der Waals surface area contributed by atoms with Crippen molar-refractivity contribution in [3.63, 3.8) is 0 Å². The van der Waals surface area contributed by atoms with Gasteiger partial charge in [-0.3, -0.25) is 4.79 Å². The van der Waals surface area contributed by atoms with Gasteiger partial charge in [0.1, 0.15) is 6.04 Å². The lowest BCUT2D eigenvalue weighted by Gasteiger charge is -2.20. The molecule has 7 nitrogen and oxygen atoms in total. The first-order chi connectivity index (χ1) is 13.9. The number of carbonyl (C=O) groups excluding carboxylic acids is 1. The topological polar surface area (TPSA) is 90.5 Å². The largest absolute Gasteiger partial charge is 0.325 e. The normalized spacial score (nSPS) is 19.4. The molecule has 2 aromatic carbocycles. The first-order valence-electron chi connectivity index (χ1n) is 9.84. The molecule has 0 radical (unpaired) electrons. The molecule has 0 aliphatic carbocycles. The number of hydrogen-bond donors (Lipinski definition) is 3. The highest BCUT2D eigenvalue weighted by Gasteiger charge is 2.30. The van der Waals surface area contributed by atoms with Crippen LogP contribution in [0.4, 0.5) is 5.69 Å². The number of hydrogen-bond acceptors (Lipinski definition) is 5. The smallest absolute Gasteiger partial charge is 0.243 e. The molecule has 0 aromatic heterocycles. The van der Waals surface area contributed by atoms with Crippen LogP contribution in [-0.4, -0.2) is 37.8 Å². The molecular formula is C21H28N4O3S. The van der Waals surface area contributed by atoms with Crippen molar-refractivity contribution in [2.24, 2.45) is 0 Å². The van der Waals surface area contributed by atoms with Gasteiger partial charge in [-0.25, -0.2) is 19.3 Å². The number of hydrazine groups is 1. The number of benzene rings is 2. The first-order valence-corrected chi connectivity index (χ1v) is 11.3. The van der Waals surface area contributed by atoms with Crippen molar-refractivity contribution in [2.45, 2.75) is 44.2 Å². The second-order valence-corrected chi connectivity index (χ2v) is 9.01. The molecule has 1 heterocycles. The molecule has 0 bridgehead atoms. The lowest BCUT2D eigenvalue weighted by molar-refractivity contribution is -0.117. The van der Waals surface area contributed by atoms with E-state index < -0.39 is 16.1 Å². The summed E-state index contributed by atoms with van der Waals surface area (Å²) in [4.78, 5) is 12.9. The Morgan fingerprint density at radius 2 is 1.79 bits per heavy atom. The molecule has 3 rings (SSSR count). The molecule has 1 fully saturated rings. The molecule has 29 heavy (non-hydrogen) atoms. The van der Waals surface area contributed by atoms with E-state index in [4.69, 9.17) is 0 Å². The molecule has 156 valence electrons. The van der Waals surface area contributed by atoms with Crippen LogP contribution in [0.25, 0.3) is 0 Å². The Morgan fingerprint density at radius 1 is 1.10 bits per heavy atom. The monoisotopic (exact) mass is 416 g/mol. The third-order valence-electron chi connectivity index (χ3n) is 5.20. The second kappa shape index (κ2) is 9.04. The van der Waals surface area contributed by atoms with Gasteiger partial charge in [0.25, 0.3) is 0 Å². The molecular weight excluding hydrogens is 388 g/mol. The van der Waals surface area contributed by atoms with Crippen molar-refractivity contribution in [3.8, 4) is 0 Å². The molecule has 3 N–H and O–H groups in total. The minimum Gasteiger partial charge on any atom is -0.325 e. The van der Waals surface area contributed by atoms with Crippen molar-refractivity contribution < 1.29 is 13.2 Å². The van der Waals surface area contributed by atoms with Crippen LogP contribution in [0.2, 0.25) is 0 Å². The zero-order chi connectivity index (χ0) is 21.0. The zero-order valence-electron chi connectivity index (χ0n) is 17.0. The van der Waals surface area contributed by atoms with E-state index in [0.29, 0.717) is 30.8 Å². The van der Waals surface area contributed by atoms with Gasteiger partial charge in [-0.15, -0.1) is 0 Å². The maximum atomic E-state index is 12.9. The van der Waals surface area contributed by atoms with Gasteiger partial charge in [-0.2, -0.15) is 4.31 Å². The number of anilines is 1. The van der Waals surface area contributed by atoms with E-state index in [-0.39, 0.29) is 16.8 Å². The summed E-state index contributed by atoms with van der Waals surface area (Å²) in [5, 5.41) is 2.85. The van der Waals surface area contributed by atoms with E-state index >= 15 is 0 Å². The predicted molar refractivity (Wildman–Crippen MR) is 114 cm³/mol. The number of nitrogens with one attached hydrogen (secondary N) is 3. The Labute approximate surface area is 172 Å². The van der Waals surface area contributed by atoms with Crippen LogP contribution in [0.1, 0.15) is 37.4 Å². The van der Waals surface area contributed by atoms with Crippen LogP contribution < -0.4 is 16.2 Å². The first kappa shape index (κ1) is 21.4. The van der Waals surface area contributed by atoms with E-state index in [9.17, 15) is 13.2 Å². The Morgan fingerprint density at radius 3 is 2.45 bits per heavy atom. The number of nitrogens with zero attached hydrogens (tertiary/aromatic N) is 1. The molecule has 2 atom stereocenters. The van der Waals surface area contributed by atoms with E-state index in [1.54, 1.807) is 19.1 Å². The Kier molecular flexibility index (Phi) is 6.69. The number of aryl methyl sites for hydroxylation is 1. The minimum absolute atomic E-state index is 0.0450. The van der Waals surface area contributed by atoms with Gasteiger partial charge in [0.05, 0.1) is 4.90 Å². The third-order valence-corrected chi connectivity index (χ3v) is 7.39. The van der Waals surface area contributed by atoms with Crippen LogP contribution in [0.5, 0.6) is 0 Å². The Hall–Kier alpha value is -2.26. The summed E-state index contributed by atoms with van der Waals surface area (Å²) in [6.07, 6.45) is 0.603. The molecule has 8 heteroatoms.